The smallest absolute Gasteiger partial charge is 0.226 e. The molecule has 0 N–H and O–H groups in total. The Bertz CT molecular complexity index is 1350. The molecule has 1 saturated carbocycles. The summed E-state index contributed by atoms with van der Waals surface area (Å²) in [6, 6.07) is 42.9. The summed E-state index contributed by atoms with van der Waals surface area (Å²) in [5, 5.41) is 0. The van der Waals surface area contributed by atoms with Gasteiger partial charge in [-0.3, -0.25) is 19.4 Å². The van der Waals surface area contributed by atoms with Crippen molar-refractivity contribution in [3.05, 3.63) is 144 Å². The zero-order valence-corrected chi connectivity index (χ0v) is 25.8. The van der Waals surface area contributed by atoms with E-state index in [4.69, 9.17) is 0 Å². The lowest BCUT2D eigenvalue weighted by Crippen LogP contribution is -2.51. The summed E-state index contributed by atoms with van der Waals surface area (Å²) >= 11 is 0. The Morgan fingerprint density at radius 1 is 0.422 bits per heavy atom. The average Bonchev–Trinajstić information content (AvgIpc) is 3.92. The standard InChI is InChI=1S/C39H42N4O2/c44-38(42-25-21-40(22-26-42)36(30-13-5-1-6-14-30)31-15-7-2-8-16-31)34-29-35(34)39(45)43-27-23-41(24-28-43)37(32-17-9-3-10-18-32)33-19-11-4-12-20-33/h1-20,34-37H,21-29H2. The van der Waals surface area contributed by atoms with Gasteiger partial charge in [0.2, 0.25) is 11.8 Å². The van der Waals surface area contributed by atoms with Gasteiger partial charge in [-0.2, -0.15) is 0 Å². The van der Waals surface area contributed by atoms with E-state index in [1.807, 2.05) is 9.80 Å². The van der Waals surface area contributed by atoms with Crippen LogP contribution in [0.3, 0.4) is 0 Å². The van der Waals surface area contributed by atoms with Crippen LogP contribution in [0.1, 0.15) is 40.8 Å². The molecule has 3 aliphatic rings. The molecule has 2 atom stereocenters. The van der Waals surface area contributed by atoms with E-state index in [-0.39, 0.29) is 35.7 Å². The van der Waals surface area contributed by atoms with Crippen molar-refractivity contribution >= 4 is 11.8 Å². The second kappa shape index (κ2) is 13.4. The van der Waals surface area contributed by atoms with E-state index in [0.717, 1.165) is 26.2 Å². The van der Waals surface area contributed by atoms with E-state index in [1.54, 1.807) is 0 Å². The van der Waals surface area contributed by atoms with Crippen LogP contribution in [0.15, 0.2) is 121 Å². The quantitative estimate of drug-likeness (QED) is 0.269. The highest BCUT2D eigenvalue weighted by molar-refractivity contribution is 5.92. The van der Waals surface area contributed by atoms with Crippen molar-refractivity contribution in [2.45, 2.75) is 18.5 Å². The largest absolute Gasteiger partial charge is 0.340 e. The highest BCUT2D eigenvalue weighted by Gasteiger charge is 2.51. The van der Waals surface area contributed by atoms with Crippen molar-refractivity contribution in [3.8, 4) is 0 Å². The molecule has 2 saturated heterocycles. The average molecular weight is 599 g/mol. The molecule has 2 aliphatic heterocycles. The maximum absolute atomic E-state index is 13.6. The first-order valence-electron chi connectivity index (χ1n) is 16.4. The van der Waals surface area contributed by atoms with Gasteiger partial charge in [-0.1, -0.05) is 121 Å². The van der Waals surface area contributed by atoms with Gasteiger partial charge in [-0.05, 0) is 28.7 Å². The van der Waals surface area contributed by atoms with Crippen molar-refractivity contribution in [2.24, 2.45) is 11.8 Å². The van der Waals surface area contributed by atoms with E-state index in [2.05, 4.69) is 131 Å². The lowest BCUT2D eigenvalue weighted by molar-refractivity contribution is -0.140. The number of carbonyl (C=O) groups excluding carboxylic acids is 2. The monoisotopic (exact) mass is 598 g/mol. The highest BCUT2D eigenvalue weighted by Crippen LogP contribution is 2.42. The number of amides is 2. The van der Waals surface area contributed by atoms with Crippen LogP contribution in [-0.4, -0.2) is 83.8 Å². The van der Waals surface area contributed by atoms with Crippen LogP contribution in [0.2, 0.25) is 0 Å². The Morgan fingerprint density at radius 2 is 0.689 bits per heavy atom. The fraction of sp³-hybridized carbons (Fsp3) is 0.333. The highest BCUT2D eigenvalue weighted by atomic mass is 16.2. The third-order valence-electron chi connectivity index (χ3n) is 9.87. The molecule has 2 heterocycles. The molecule has 1 aliphatic carbocycles. The molecule has 7 rings (SSSR count). The minimum Gasteiger partial charge on any atom is -0.340 e. The fourth-order valence-corrected chi connectivity index (χ4v) is 7.38. The molecular formula is C39H42N4O2. The zero-order valence-electron chi connectivity index (χ0n) is 25.8. The summed E-state index contributed by atoms with van der Waals surface area (Å²) in [5.74, 6) is -0.00308. The number of nitrogens with zero attached hydrogens (tertiary/aromatic N) is 4. The van der Waals surface area contributed by atoms with Crippen LogP contribution in [-0.2, 0) is 9.59 Å². The van der Waals surface area contributed by atoms with E-state index < -0.39 is 0 Å². The molecule has 4 aromatic carbocycles. The molecule has 3 fully saturated rings. The first-order valence-corrected chi connectivity index (χ1v) is 16.4. The molecule has 45 heavy (non-hydrogen) atoms. The Balaban J connectivity index is 0.937. The Morgan fingerprint density at radius 3 is 0.956 bits per heavy atom. The molecule has 0 bridgehead atoms. The summed E-state index contributed by atoms with van der Waals surface area (Å²) in [4.78, 5) is 36.1. The van der Waals surface area contributed by atoms with Crippen molar-refractivity contribution in [1.29, 1.82) is 0 Å². The molecule has 2 unspecified atom stereocenters. The Hall–Kier alpha value is -4.26. The normalized spacial score (nSPS) is 20.8. The predicted molar refractivity (Wildman–Crippen MR) is 177 cm³/mol. The van der Waals surface area contributed by atoms with Gasteiger partial charge in [0.15, 0.2) is 0 Å². The summed E-state index contributed by atoms with van der Waals surface area (Å²) in [6.07, 6.45) is 0.686. The molecule has 230 valence electrons. The second-order valence-electron chi connectivity index (χ2n) is 12.6. The first-order chi connectivity index (χ1) is 22.2. The Labute approximate surface area is 266 Å². The van der Waals surface area contributed by atoms with Crippen molar-refractivity contribution in [1.82, 2.24) is 19.6 Å². The molecule has 0 spiro atoms. The van der Waals surface area contributed by atoms with Gasteiger partial charge in [-0.15, -0.1) is 0 Å². The van der Waals surface area contributed by atoms with Crippen molar-refractivity contribution in [3.63, 3.8) is 0 Å². The molecule has 6 nitrogen and oxygen atoms in total. The minimum atomic E-state index is -0.164. The van der Waals surface area contributed by atoms with E-state index in [0.29, 0.717) is 32.6 Å². The third kappa shape index (κ3) is 6.44. The summed E-state index contributed by atoms with van der Waals surface area (Å²) in [6.45, 7) is 6.07. The van der Waals surface area contributed by atoms with Gasteiger partial charge in [-0.25, -0.2) is 0 Å². The topological polar surface area (TPSA) is 47.1 Å². The maximum atomic E-state index is 13.6. The van der Waals surface area contributed by atoms with Gasteiger partial charge in [0.05, 0.1) is 23.9 Å². The first kappa shape index (κ1) is 29.5. The second-order valence-corrected chi connectivity index (χ2v) is 12.6. The number of carbonyl (C=O) groups is 2. The molecule has 2 amide bonds. The van der Waals surface area contributed by atoms with E-state index in [9.17, 15) is 9.59 Å². The molecule has 4 aromatic rings. The number of benzene rings is 4. The van der Waals surface area contributed by atoms with Crippen molar-refractivity contribution < 1.29 is 9.59 Å². The molecular weight excluding hydrogens is 556 g/mol. The number of hydrogen-bond donors (Lipinski definition) is 0. The lowest BCUT2D eigenvalue weighted by Gasteiger charge is -2.40. The minimum absolute atomic E-state index is 0.163. The molecule has 6 heteroatoms. The maximum Gasteiger partial charge on any atom is 0.226 e. The summed E-state index contributed by atoms with van der Waals surface area (Å²) < 4.78 is 0. The lowest BCUT2D eigenvalue weighted by atomic mass is 9.96. The summed E-state index contributed by atoms with van der Waals surface area (Å²) in [7, 11) is 0. The third-order valence-corrected chi connectivity index (χ3v) is 9.87. The molecule has 0 radical (unpaired) electrons. The number of piperazine rings is 2. The van der Waals surface area contributed by atoms with Gasteiger partial charge in [0.1, 0.15) is 0 Å². The van der Waals surface area contributed by atoms with Crippen LogP contribution in [0, 0.1) is 11.8 Å². The predicted octanol–water partition coefficient (Wildman–Crippen LogP) is 5.49. The van der Waals surface area contributed by atoms with Gasteiger partial charge in [0, 0.05) is 52.4 Å². The Kier molecular flexibility index (Phi) is 8.76. The number of rotatable bonds is 8. The van der Waals surface area contributed by atoms with E-state index >= 15 is 0 Å². The molecule has 0 aromatic heterocycles. The van der Waals surface area contributed by atoms with Gasteiger partial charge < -0.3 is 9.80 Å². The van der Waals surface area contributed by atoms with E-state index in [1.165, 1.54) is 22.3 Å². The van der Waals surface area contributed by atoms with Crippen LogP contribution in [0.5, 0.6) is 0 Å². The SMILES string of the molecule is O=C(C1CC1C(=O)N1CCN(C(c2ccccc2)c2ccccc2)CC1)N1CCN(C(c2ccccc2)c2ccccc2)CC1. The number of hydrogen-bond acceptors (Lipinski definition) is 4. The van der Waals surface area contributed by atoms with Crippen LogP contribution in [0.4, 0.5) is 0 Å². The van der Waals surface area contributed by atoms with Crippen molar-refractivity contribution in [2.75, 3.05) is 52.4 Å². The van der Waals surface area contributed by atoms with Crippen LogP contribution < -0.4 is 0 Å². The van der Waals surface area contributed by atoms with Gasteiger partial charge in [0.25, 0.3) is 0 Å². The summed E-state index contributed by atoms with van der Waals surface area (Å²) in [5.41, 5.74) is 5.09. The van der Waals surface area contributed by atoms with Crippen LogP contribution in [0.25, 0.3) is 0 Å². The fourth-order valence-electron chi connectivity index (χ4n) is 7.38. The van der Waals surface area contributed by atoms with Crippen LogP contribution >= 0.6 is 0 Å². The zero-order chi connectivity index (χ0) is 30.6. The van der Waals surface area contributed by atoms with Gasteiger partial charge >= 0.3 is 0 Å².